The molecule has 1 aromatic carbocycles. The number of piperazine rings is 1. The van der Waals surface area contributed by atoms with Crippen molar-refractivity contribution >= 4 is 28.1 Å². The number of thiocarbonyl (C=S) groups is 1. The van der Waals surface area contributed by atoms with Gasteiger partial charge in [-0.2, -0.15) is 0 Å². The number of hydrogen-bond donors (Lipinski definition) is 1. The average molecular weight is 329 g/mol. The molecule has 2 aromatic rings. The lowest BCUT2D eigenvalue weighted by molar-refractivity contribution is 0.176. The van der Waals surface area contributed by atoms with Crippen molar-refractivity contribution in [2.24, 2.45) is 0 Å². The predicted molar refractivity (Wildman–Crippen MR) is 99.1 cm³/mol. The highest BCUT2D eigenvalue weighted by Crippen LogP contribution is 2.16. The molecule has 1 aromatic heterocycles. The predicted octanol–water partition coefficient (Wildman–Crippen LogP) is 2.56. The Hall–Kier alpha value is -1.72. The van der Waals surface area contributed by atoms with Gasteiger partial charge in [-0.05, 0) is 36.4 Å². The van der Waals surface area contributed by atoms with Crippen LogP contribution < -0.4 is 5.56 Å². The SMILES string of the molecule is CCc1cc2ccc(CN3CCN(C(C)=S)CC3)cc2[nH]c1=O. The molecule has 0 spiro atoms. The van der Waals surface area contributed by atoms with Crippen LogP contribution in [0.4, 0.5) is 0 Å². The molecule has 0 radical (unpaired) electrons. The number of nitrogens with one attached hydrogen (secondary N) is 1. The number of aromatic nitrogens is 1. The maximum absolute atomic E-state index is 12.0. The molecule has 5 heteroatoms. The minimum atomic E-state index is 0.0298. The van der Waals surface area contributed by atoms with Gasteiger partial charge in [0.25, 0.3) is 5.56 Å². The van der Waals surface area contributed by atoms with Crippen LogP contribution in [0.1, 0.15) is 25.0 Å². The monoisotopic (exact) mass is 329 g/mol. The number of aryl methyl sites for hydroxylation is 1. The van der Waals surface area contributed by atoms with Crippen LogP contribution in [-0.4, -0.2) is 46.0 Å². The Morgan fingerprint density at radius 1 is 1.22 bits per heavy atom. The van der Waals surface area contributed by atoms with Crippen LogP contribution in [0, 0.1) is 0 Å². The zero-order valence-electron chi connectivity index (χ0n) is 13.8. The molecule has 0 amide bonds. The van der Waals surface area contributed by atoms with Crippen molar-refractivity contribution in [1.29, 1.82) is 0 Å². The van der Waals surface area contributed by atoms with Gasteiger partial charge in [-0.1, -0.05) is 31.3 Å². The summed E-state index contributed by atoms with van der Waals surface area (Å²) in [4.78, 5) is 20.7. The molecule has 4 nitrogen and oxygen atoms in total. The van der Waals surface area contributed by atoms with Crippen molar-refractivity contribution in [2.45, 2.75) is 26.8 Å². The Bertz CT molecular complexity index is 775. The molecule has 23 heavy (non-hydrogen) atoms. The Morgan fingerprint density at radius 3 is 2.61 bits per heavy atom. The molecule has 1 aliphatic rings. The number of benzene rings is 1. The highest BCUT2D eigenvalue weighted by molar-refractivity contribution is 7.80. The van der Waals surface area contributed by atoms with E-state index in [0.29, 0.717) is 0 Å². The largest absolute Gasteiger partial charge is 0.364 e. The van der Waals surface area contributed by atoms with E-state index in [1.807, 2.05) is 19.9 Å². The third-order valence-corrected chi connectivity index (χ3v) is 4.85. The molecule has 0 saturated carbocycles. The lowest BCUT2D eigenvalue weighted by Crippen LogP contribution is -2.47. The van der Waals surface area contributed by atoms with Gasteiger partial charge >= 0.3 is 0 Å². The highest BCUT2D eigenvalue weighted by Gasteiger charge is 2.17. The van der Waals surface area contributed by atoms with Crippen LogP contribution in [0.15, 0.2) is 29.1 Å². The Balaban J connectivity index is 1.74. The van der Waals surface area contributed by atoms with Gasteiger partial charge in [0.2, 0.25) is 0 Å². The Kier molecular flexibility index (Phi) is 4.78. The van der Waals surface area contributed by atoms with E-state index in [0.717, 1.165) is 60.6 Å². The summed E-state index contributed by atoms with van der Waals surface area (Å²) in [5, 5.41) is 1.10. The van der Waals surface area contributed by atoms with E-state index in [1.54, 1.807) is 0 Å². The van der Waals surface area contributed by atoms with E-state index in [9.17, 15) is 4.79 Å². The van der Waals surface area contributed by atoms with Gasteiger partial charge in [0, 0.05) is 43.8 Å². The van der Waals surface area contributed by atoms with Crippen LogP contribution in [-0.2, 0) is 13.0 Å². The van der Waals surface area contributed by atoms with Crippen LogP contribution in [0.2, 0.25) is 0 Å². The van der Waals surface area contributed by atoms with E-state index >= 15 is 0 Å². The molecular weight excluding hydrogens is 306 g/mol. The fourth-order valence-electron chi connectivity index (χ4n) is 3.13. The summed E-state index contributed by atoms with van der Waals surface area (Å²) in [6.07, 6.45) is 0.761. The quantitative estimate of drug-likeness (QED) is 0.879. The Labute approximate surface area is 142 Å². The van der Waals surface area contributed by atoms with Crippen LogP contribution >= 0.6 is 12.2 Å². The van der Waals surface area contributed by atoms with Crippen LogP contribution in [0.3, 0.4) is 0 Å². The minimum Gasteiger partial charge on any atom is -0.364 e. The molecule has 0 unspecified atom stereocenters. The summed E-state index contributed by atoms with van der Waals surface area (Å²) in [7, 11) is 0. The summed E-state index contributed by atoms with van der Waals surface area (Å²) >= 11 is 5.24. The van der Waals surface area contributed by atoms with Gasteiger partial charge in [-0.25, -0.2) is 0 Å². The smallest absolute Gasteiger partial charge is 0.251 e. The minimum absolute atomic E-state index is 0.0298. The summed E-state index contributed by atoms with van der Waals surface area (Å²) < 4.78 is 0. The molecule has 0 atom stereocenters. The zero-order valence-corrected chi connectivity index (χ0v) is 14.6. The first-order valence-electron chi connectivity index (χ1n) is 8.19. The van der Waals surface area contributed by atoms with E-state index in [2.05, 4.69) is 33.0 Å². The zero-order chi connectivity index (χ0) is 16.4. The number of nitrogens with zero attached hydrogens (tertiary/aromatic N) is 2. The summed E-state index contributed by atoms with van der Waals surface area (Å²) in [5.74, 6) is 0. The first kappa shape index (κ1) is 16.1. The highest BCUT2D eigenvalue weighted by atomic mass is 32.1. The van der Waals surface area contributed by atoms with Gasteiger partial charge < -0.3 is 9.88 Å². The average Bonchev–Trinajstić information content (AvgIpc) is 2.54. The number of aromatic amines is 1. The molecule has 0 aliphatic carbocycles. The first-order chi connectivity index (χ1) is 11.1. The molecule has 1 fully saturated rings. The lowest BCUT2D eigenvalue weighted by Gasteiger charge is -2.35. The second-order valence-corrected chi connectivity index (χ2v) is 6.77. The maximum atomic E-state index is 12.0. The van der Waals surface area contributed by atoms with Crippen molar-refractivity contribution in [3.63, 3.8) is 0 Å². The lowest BCUT2D eigenvalue weighted by atomic mass is 10.1. The van der Waals surface area contributed by atoms with Crippen molar-refractivity contribution in [1.82, 2.24) is 14.8 Å². The van der Waals surface area contributed by atoms with Crippen LogP contribution in [0.5, 0.6) is 0 Å². The molecule has 0 bridgehead atoms. The normalized spacial score (nSPS) is 16.0. The van der Waals surface area contributed by atoms with Crippen molar-refractivity contribution in [3.05, 3.63) is 45.7 Å². The number of pyridine rings is 1. The number of rotatable bonds is 3. The standard InChI is InChI=1S/C18H23N3OS/c1-3-15-11-16-5-4-14(10-17(16)19-18(15)22)12-20-6-8-21(9-7-20)13(2)23/h4-5,10-11H,3,6-9,12H2,1-2H3,(H,19,22). The molecule has 3 rings (SSSR count). The molecular formula is C18H23N3OS. The summed E-state index contributed by atoms with van der Waals surface area (Å²) in [6.45, 7) is 8.97. The summed E-state index contributed by atoms with van der Waals surface area (Å²) in [5.41, 5.74) is 3.04. The fourth-order valence-corrected chi connectivity index (χ4v) is 3.32. The summed E-state index contributed by atoms with van der Waals surface area (Å²) in [6, 6.07) is 8.38. The van der Waals surface area contributed by atoms with E-state index in [1.165, 1.54) is 5.56 Å². The molecule has 1 saturated heterocycles. The van der Waals surface area contributed by atoms with Crippen LogP contribution in [0.25, 0.3) is 10.9 Å². The van der Waals surface area contributed by atoms with Crippen molar-refractivity contribution in [3.8, 4) is 0 Å². The Morgan fingerprint density at radius 2 is 1.96 bits per heavy atom. The van der Waals surface area contributed by atoms with Gasteiger partial charge in [0.15, 0.2) is 0 Å². The molecule has 122 valence electrons. The molecule has 2 heterocycles. The van der Waals surface area contributed by atoms with Gasteiger partial charge in [-0.15, -0.1) is 0 Å². The fraction of sp³-hybridized carbons (Fsp3) is 0.444. The first-order valence-corrected chi connectivity index (χ1v) is 8.60. The van der Waals surface area contributed by atoms with Gasteiger partial charge in [0.05, 0.1) is 4.99 Å². The van der Waals surface area contributed by atoms with E-state index in [-0.39, 0.29) is 5.56 Å². The topological polar surface area (TPSA) is 39.3 Å². The second-order valence-electron chi connectivity index (χ2n) is 6.18. The van der Waals surface area contributed by atoms with Gasteiger partial charge in [-0.3, -0.25) is 9.69 Å². The molecule has 1 N–H and O–H groups in total. The molecule has 1 aliphatic heterocycles. The maximum Gasteiger partial charge on any atom is 0.251 e. The van der Waals surface area contributed by atoms with E-state index in [4.69, 9.17) is 12.2 Å². The number of H-pyrrole nitrogens is 1. The number of fused-ring (bicyclic) bond motifs is 1. The van der Waals surface area contributed by atoms with Crippen molar-refractivity contribution in [2.75, 3.05) is 26.2 Å². The number of hydrogen-bond acceptors (Lipinski definition) is 3. The second kappa shape index (κ2) is 6.81. The van der Waals surface area contributed by atoms with E-state index < -0.39 is 0 Å². The third-order valence-electron chi connectivity index (χ3n) is 4.59. The van der Waals surface area contributed by atoms with Gasteiger partial charge in [0.1, 0.15) is 0 Å². The van der Waals surface area contributed by atoms with Crippen molar-refractivity contribution < 1.29 is 0 Å². The third kappa shape index (κ3) is 3.62.